The van der Waals surface area contributed by atoms with Gasteiger partial charge in [-0.1, -0.05) is 30.3 Å². The van der Waals surface area contributed by atoms with Gasteiger partial charge in [-0.25, -0.2) is 5.01 Å². The first kappa shape index (κ1) is 28.1. The Morgan fingerprint density at radius 1 is 1.03 bits per heavy atom. The van der Waals surface area contributed by atoms with E-state index in [2.05, 4.69) is 10.7 Å². The van der Waals surface area contributed by atoms with Gasteiger partial charge in [-0.05, 0) is 63.5 Å². The first-order valence-corrected chi connectivity index (χ1v) is 12.3. The maximum Gasteiger partial charge on any atom is 0.309 e. The van der Waals surface area contributed by atoms with Crippen molar-refractivity contribution in [2.75, 3.05) is 26.2 Å². The van der Waals surface area contributed by atoms with E-state index in [1.807, 2.05) is 35.3 Å². The normalized spacial score (nSPS) is 22.2. The van der Waals surface area contributed by atoms with Crippen LogP contribution in [0, 0.1) is 17.8 Å². The van der Waals surface area contributed by atoms with Gasteiger partial charge < -0.3 is 15.8 Å². The third kappa shape index (κ3) is 8.25. The average molecular weight is 495 g/mol. The molecule has 4 N–H and O–H groups in total. The second kappa shape index (κ2) is 14.3. The maximum atomic E-state index is 13.2. The zero-order chi connectivity index (χ0) is 23.6. The zero-order valence-corrected chi connectivity index (χ0v) is 20.9. The smallest absolute Gasteiger partial charge is 0.309 e. The van der Waals surface area contributed by atoms with Crippen LogP contribution in [0.5, 0.6) is 0 Å². The summed E-state index contributed by atoms with van der Waals surface area (Å²) >= 11 is 0. The summed E-state index contributed by atoms with van der Waals surface area (Å²) in [6.45, 7) is 4.00. The number of hydrogen-bond acceptors (Lipinski definition) is 6. The topological polar surface area (TPSA) is 114 Å². The molecule has 1 aliphatic carbocycles. The van der Waals surface area contributed by atoms with Crippen molar-refractivity contribution >= 4 is 30.2 Å². The molecular weight excluding hydrogens is 456 g/mol. The van der Waals surface area contributed by atoms with Crippen LogP contribution in [0.2, 0.25) is 0 Å². The Morgan fingerprint density at radius 2 is 1.68 bits per heavy atom. The SMILES string of the molecule is CCOC(=O)C1CCN(NC(=O)[C@H](Cc2ccccc2)NC(=O)C2CCC(CN)CC2)CC1.Cl. The first-order chi connectivity index (χ1) is 16.0. The summed E-state index contributed by atoms with van der Waals surface area (Å²) in [6.07, 6.45) is 5.25. The Kier molecular flexibility index (Phi) is 11.8. The molecule has 2 fully saturated rings. The van der Waals surface area contributed by atoms with E-state index >= 15 is 0 Å². The average Bonchev–Trinajstić information content (AvgIpc) is 2.85. The van der Waals surface area contributed by atoms with Crippen LogP contribution in [0.1, 0.15) is 51.0 Å². The number of piperidine rings is 1. The van der Waals surface area contributed by atoms with Gasteiger partial charge in [-0.2, -0.15) is 0 Å². The van der Waals surface area contributed by atoms with Gasteiger partial charge in [0.2, 0.25) is 5.91 Å². The van der Waals surface area contributed by atoms with Crippen LogP contribution in [0.15, 0.2) is 30.3 Å². The fraction of sp³-hybridized carbons (Fsp3) is 0.640. The standard InChI is InChI=1S/C25H38N4O4.ClH/c1-2-33-25(32)21-12-14-29(15-13-21)28-24(31)22(16-18-6-4-3-5-7-18)27-23(30)20-10-8-19(17-26)9-11-20;/h3-7,19-22H,2,8-17,26H2,1H3,(H,27,30)(H,28,31);1H/t19?,20?,22-;/m0./s1. The molecule has 1 atom stereocenters. The van der Waals surface area contributed by atoms with Gasteiger partial charge in [0.05, 0.1) is 12.5 Å². The number of rotatable bonds is 9. The fourth-order valence-electron chi connectivity index (χ4n) is 4.73. The highest BCUT2D eigenvalue weighted by atomic mass is 35.5. The highest BCUT2D eigenvalue weighted by Crippen LogP contribution is 2.28. The van der Waals surface area contributed by atoms with Crippen molar-refractivity contribution in [1.29, 1.82) is 0 Å². The molecule has 2 aliphatic rings. The predicted molar refractivity (Wildman–Crippen MR) is 133 cm³/mol. The molecule has 0 radical (unpaired) electrons. The number of hydrazine groups is 1. The number of carbonyl (C=O) groups excluding carboxylic acids is 3. The van der Waals surface area contributed by atoms with Gasteiger partial charge in [-0.3, -0.25) is 19.8 Å². The molecule has 9 heteroatoms. The summed E-state index contributed by atoms with van der Waals surface area (Å²) in [4.78, 5) is 38.1. The van der Waals surface area contributed by atoms with E-state index in [1.54, 1.807) is 6.92 Å². The third-order valence-electron chi connectivity index (χ3n) is 6.85. The molecular formula is C25H39ClN4O4. The van der Waals surface area contributed by atoms with Crippen LogP contribution >= 0.6 is 12.4 Å². The van der Waals surface area contributed by atoms with E-state index in [4.69, 9.17) is 10.5 Å². The molecule has 190 valence electrons. The monoisotopic (exact) mass is 494 g/mol. The largest absolute Gasteiger partial charge is 0.466 e. The number of nitrogens with two attached hydrogens (primary N) is 1. The lowest BCUT2D eigenvalue weighted by Crippen LogP contribution is -2.56. The van der Waals surface area contributed by atoms with Crippen molar-refractivity contribution < 1.29 is 19.1 Å². The summed E-state index contributed by atoms with van der Waals surface area (Å²) in [7, 11) is 0. The molecule has 2 amide bonds. The van der Waals surface area contributed by atoms with Crippen molar-refractivity contribution in [3.05, 3.63) is 35.9 Å². The number of nitrogens with one attached hydrogen (secondary N) is 2. The molecule has 34 heavy (non-hydrogen) atoms. The van der Waals surface area contributed by atoms with Gasteiger partial charge in [0, 0.05) is 25.4 Å². The molecule has 0 aromatic heterocycles. The Balaban J connectivity index is 0.00000408. The number of halogens is 1. The molecule has 0 unspecified atom stereocenters. The van der Waals surface area contributed by atoms with E-state index < -0.39 is 6.04 Å². The number of hydrogen-bond donors (Lipinski definition) is 3. The first-order valence-electron chi connectivity index (χ1n) is 12.3. The minimum absolute atomic E-state index is 0. The predicted octanol–water partition coefficient (Wildman–Crippen LogP) is 2.21. The quantitative estimate of drug-likeness (QED) is 0.453. The summed E-state index contributed by atoms with van der Waals surface area (Å²) in [5, 5.41) is 4.86. The minimum atomic E-state index is -0.657. The highest BCUT2D eigenvalue weighted by molar-refractivity contribution is 5.88. The minimum Gasteiger partial charge on any atom is -0.466 e. The van der Waals surface area contributed by atoms with Gasteiger partial charge in [-0.15, -0.1) is 12.4 Å². The molecule has 3 rings (SSSR count). The van der Waals surface area contributed by atoms with Crippen LogP contribution in [-0.4, -0.2) is 55.1 Å². The Bertz CT molecular complexity index is 778. The molecule has 8 nitrogen and oxygen atoms in total. The number of amides is 2. The number of esters is 1. The van der Waals surface area contributed by atoms with Crippen molar-refractivity contribution in [3.63, 3.8) is 0 Å². The molecule has 1 saturated carbocycles. The molecule has 0 bridgehead atoms. The summed E-state index contributed by atoms with van der Waals surface area (Å²) in [6, 6.07) is 9.06. The van der Waals surface area contributed by atoms with Gasteiger partial charge in [0.25, 0.3) is 5.91 Å². The lowest BCUT2D eigenvalue weighted by Gasteiger charge is -2.33. The van der Waals surface area contributed by atoms with E-state index in [0.29, 0.717) is 51.4 Å². The van der Waals surface area contributed by atoms with Gasteiger partial charge in [0.1, 0.15) is 6.04 Å². The van der Waals surface area contributed by atoms with Crippen molar-refractivity contribution in [3.8, 4) is 0 Å². The lowest BCUT2D eigenvalue weighted by molar-refractivity contribution is -0.150. The van der Waals surface area contributed by atoms with Gasteiger partial charge in [0.15, 0.2) is 0 Å². The van der Waals surface area contributed by atoms with E-state index in [0.717, 1.165) is 31.2 Å². The van der Waals surface area contributed by atoms with E-state index in [9.17, 15) is 14.4 Å². The van der Waals surface area contributed by atoms with E-state index in [1.165, 1.54) is 0 Å². The summed E-state index contributed by atoms with van der Waals surface area (Å²) in [5.41, 5.74) is 9.73. The second-order valence-corrected chi connectivity index (χ2v) is 9.19. The third-order valence-corrected chi connectivity index (χ3v) is 6.85. The number of nitrogens with zero attached hydrogens (tertiary/aromatic N) is 1. The molecule has 1 aromatic rings. The summed E-state index contributed by atoms with van der Waals surface area (Å²) < 4.78 is 5.12. The van der Waals surface area contributed by atoms with E-state index in [-0.39, 0.29) is 42.0 Å². The highest BCUT2D eigenvalue weighted by Gasteiger charge is 2.31. The van der Waals surface area contributed by atoms with Crippen molar-refractivity contribution in [1.82, 2.24) is 15.8 Å². The Morgan fingerprint density at radius 3 is 2.26 bits per heavy atom. The van der Waals surface area contributed by atoms with Crippen LogP contribution in [0.4, 0.5) is 0 Å². The molecule has 1 aliphatic heterocycles. The van der Waals surface area contributed by atoms with Crippen LogP contribution in [0.3, 0.4) is 0 Å². The number of benzene rings is 1. The molecule has 1 saturated heterocycles. The number of carbonyl (C=O) groups is 3. The zero-order valence-electron chi connectivity index (χ0n) is 20.0. The van der Waals surface area contributed by atoms with Crippen LogP contribution < -0.4 is 16.5 Å². The lowest BCUT2D eigenvalue weighted by atomic mass is 9.81. The number of ether oxygens (including phenoxy) is 1. The second-order valence-electron chi connectivity index (χ2n) is 9.19. The fourth-order valence-corrected chi connectivity index (χ4v) is 4.73. The molecule has 1 aromatic carbocycles. The van der Waals surface area contributed by atoms with Crippen LogP contribution in [-0.2, 0) is 25.5 Å². The molecule has 0 spiro atoms. The van der Waals surface area contributed by atoms with Crippen LogP contribution in [0.25, 0.3) is 0 Å². The summed E-state index contributed by atoms with van der Waals surface area (Å²) in [5.74, 6) is -0.141. The Hall–Kier alpha value is -2.16. The maximum absolute atomic E-state index is 13.2. The van der Waals surface area contributed by atoms with Crippen molar-refractivity contribution in [2.24, 2.45) is 23.5 Å². The molecule has 1 heterocycles. The van der Waals surface area contributed by atoms with Gasteiger partial charge >= 0.3 is 5.97 Å². The van der Waals surface area contributed by atoms with Crippen molar-refractivity contribution in [2.45, 2.75) is 57.9 Å². The Labute approximate surface area is 208 Å².